The molecule has 1 unspecified atom stereocenters. The molecule has 0 aromatic heterocycles. The highest BCUT2D eigenvalue weighted by Crippen LogP contribution is 2.17. The molecule has 0 saturated carbocycles. The maximum absolute atomic E-state index is 13.2. The lowest BCUT2D eigenvalue weighted by atomic mass is 10.0. The van der Waals surface area contributed by atoms with Gasteiger partial charge in [0.1, 0.15) is 17.1 Å². The summed E-state index contributed by atoms with van der Waals surface area (Å²) in [4.78, 5) is 0. The van der Waals surface area contributed by atoms with E-state index >= 15 is 0 Å². The standard InChI is InChI=1S/C13H17FN2O/c1-10-4-5-11(8-12(10)14)17-7-6-13(2,9-15)16-3/h4-5,8,16H,6-7H2,1-3H3. The van der Waals surface area contributed by atoms with E-state index in [9.17, 15) is 4.39 Å². The van der Waals surface area contributed by atoms with Gasteiger partial charge in [-0.15, -0.1) is 0 Å². The van der Waals surface area contributed by atoms with Crippen LogP contribution >= 0.6 is 0 Å². The van der Waals surface area contributed by atoms with Gasteiger partial charge in [0.05, 0.1) is 12.7 Å². The summed E-state index contributed by atoms with van der Waals surface area (Å²) in [5, 5.41) is 11.9. The maximum atomic E-state index is 13.2. The largest absolute Gasteiger partial charge is 0.493 e. The Bertz CT molecular complexity index is 428. The molecule has 17 heavy (non-hydrogen) atoms. The minimum Gasteiger partial charge on any atom is -0.493 e. The van der Waals surface area contributed by atoms with Crippen molar-refractivity contribution < 1.29 is 9.13 Å². The van der Waals surface area contributed by atoms with Crippen LogP contribution in [0.3, 0.4) is 0 Å². The summed E-state index contributed by atoms with van der Waals surface area (Å²) in [5.41, 5.74) is -0.0158. The topological polar surface area (TPSA) is 45.0 Å². The van der Waals surface area contributed by atoms with E-state index in [-0.39, 0.29) is 5.82 Å². The van der Waals surface area contributed by atoms with Crippen LogP contribution in [0.1, 0.15) is 18.9 Å². The molecule has 0 radical (unpaired) electrons. The van der Waals surface area contributed by atoms with Gasteiger partial charge in [0.15, 0.2) is 0 Å². The number of nitrogens with one attached hydrogen (secondary N) is 1. The molecular weight excluding hydrogens is 219 g/mol. The van der Waals surface area contributed by atoms with Gasteiger partial charge in [-0.05, 0) is 32.5 Å². The molecule has 0 spiro atoms. The Morgan fingerprint density at radius 3 is 2.76 bits per heavy atom. The number of ether oxygens (including phenoxy) is 1. The summed E-state index contributed by atoms with van der Waals surface area (Å²) < 4.78 is 18.6. The Morgan fingerprint density at radius 1 is 1.53 bits per heavy atom. The molecule has 0 aliphatic carbocycles. The van der Waals surface area contributed by atoms with Gasteiger partial charge in [0.2, 0.25) is 0 Å². The molecule has 1 aromatic rings. The van der Waals surface area contributed by atoms with Gasteiger partial charge in [-0.1, -0.05) is 6.07 Å². The lowest BCUT2D eigenvalue weighted by Gasteiger charge is -2.20. The van der Waals surface area contributed by atoms with Gasteiger partial charge in [-0.25, -0.2) is 4.39 Å². The fraction of sp³-hybridized carbons (Fsp3) is 0.462. The Balaban J connectivity index is 2.52. The average Bonchev–Trinajstić information content (AvgIpc) is 2.33. The third kappa shape index (κ3) is 3.72. The molecule has 0 aliphatic rings. The molecule has 0 amide bonds. The molecule has 0 heterocycles. The van der Waals surface area contributed by atoms with Gasteiger partial charge < -0.3 is 10.1 Å². The average molecular weight is 236 g/mol. The Labute approximate surface area is 101 Å². The minimum absolute atomic E-state index is 0.279. The van der Waals surface area contributed by atoms with Gasteiger partial charge >= 0.3 is 0 Å². The van der Waals surface area contributed by atoms with Crippen molar-refractivity contribution in [1.29, 1.82) is 5.26 Å². The van der Waals surface area contributed by atoms with E-state index < -0.39 is 5.54 Å². The number of aryl methyl sites for hydroxylation is 1. The summed E-state index contributed by atoms with van der Waals surface area (Å²) >= 11 is 0. The molecule has 0 aliphatic heterocycles. The maximum Gasteiger partial charge on any atom is 0.129 e. The second-order valence-electron chi connectivity index (χ2n) is 4.20. The highest BCUT2D eigenvalue weighted by Gasteiger charge is 2.20. The molecular formula is C13H17FN2O. The van der Waals surface area contributed by atoms with Crippen molar-refractivity contribution in [2.75, 3.05) is 13.7 Å². The minimum atomic E-state index is -0.608. The Morgan fingerprint density at radius 2 is 2.24 bits per heavy atom. The number of halogens is 1. The number of nitriles is 1. The normalized spacial score (nSPS) is 13.8. The van der Waals surface area contributed by atoms with Crippen LogP contribution in [-0.2, 0) is 0 Å². The highest BCUT2D eigenvalue weighted by atomic mass is 19.1. The van der Waals surface area contributed by atoms with E-state index in [0.717, 1.165) is 0 Å². The molecule has 3 nitrogen and oxygen atoms in total. The lowest BCUT2D eigenvalue weighted by molar-refractivity contribution is 0.272. The first-order chi connectivity index (χ1) is 8.00. The van der Waals surface area contributed by atoms with Crippen LogP contribution < -0.4 is 10.1 Å². The molecule has 1 atom stereocenters. The quantitative estimate of drug-likeness (QED) is 0.853. The first-order valence-corrected chi connectivity index (χ1v) is 5.50. The molecule has 92 valence electrons. The second kappa shape index (κ2) is 5.65. The van der Waals surface area contributed by atoms with E-state index in [2.05, 4.69) is 11.4 Å². The zero-order valence-electron chi connectivity index (χ0n) is 10.4. The first kappa shape index (κ1) is 13.5. The number of hydrogen-bond donors (Lipinski definition) is 1. The van der Waals surface area contributed by atoms with Crippen molar-refractivity contribution >= 4 is 0 Å². The monoisotopic (exact) mass is 236 g/mol. The van der Waals surface area contributed by atoms with Crippen molar-refractivity contribution in [3.8, 4) is 11.8 Å². The number of hydrogen-bond acceptors (Lipinski definition) is 3. The molecule has 0 saturated heterocycles. The van der Waals surface area contributed by atoms with Gasteiger partial charge in [0.25, 0.3) is 0 Å². The fourth-order valence-corrected chi connectivity index (χ4v) is 1.27. The van der Waals surface area contributed by atoms with Crippen molar-refractivity contribution in [1.82, 2.24) is 5.32 Å². The summed E-state index contributed by atoms with van der Waals surface area (Å²) in [6.07, 6.45) is 0.537. The number of nitrogens with zero attached hydrogens (tertiary/aromatic N) is 1. The van der Waals surface area contributed by atoms with Crippen molar-refractivity contribution in [3.05, 3.63) is 29.6 Å². The number of rotatable bonds is 5. The zero-order chi connectivity index (χ0) is 12.9. The molecule has 0 bridgehead atoms. The second-order valence-corrected chi connectivity index (χ2v) is 4.20. The van der Waals surface area contributed by atoms with Crippen LogP contribution in [0.15, 0.2) is 18.2 Å². The van der Waals surface area contributed by atoms with E-state index in [0.29, 0.717) is 24.3 Å². The predicted molar refractivity (Wildman–Crippen MR) is 64.3 cm³/mol. The SMILES string of the molecule is CNC(C)(C#N)CCOc1ccc(C)c(F)c1. The van der Waals surface area contributed by atoms with Crippen molar-refractivity contribution in [3.63, 3.8) is 0 Å². The molecule has 1 N–H and O–H groups in total. The van der Waals surface area contributed by atoms with Gasteiger partial charge in [-0.3, -0.25) is 0 Å². The highest BCUT2D eigenvalue weighted by molar-refractivity contribution is 5.28. The van der Waals surface area contributed by atoms with Crippen LogP contribution in [0.4, 0.5) is 4.39 Å². The van der Waals surface area contributed by atoms with Crippen molar-refractivity contribution in [2.45, 2.75) is 25.8 Å². The van der Waals surface area contributed by atoms with Gasteiger partial charge in [-0.2, -0.15) is 5.26 Å². The lowest BCUT2D eigenvalue weighted by Crippen LogP contribution is -2.39. The van der Waals surface area contributed by atoms with Crippen LogP contribution in [0.2, 0.25) is 0 Å². The smallest absolute Gasteiger partial charge is 0.129 e. The fourth-order valence-electron chi connectivity index (χ4n) is 1.27. The number of benzene rings is 1. The van der Waals surface area contributed by atoms with E-state index in [1.54, 1.807) is 33.0 Å². The molecule has 1 rings (SSSR count). The third-order valence-electron chi connectivity index (χ3n) is 2.81. The zero-order valence-corrected chi connectivity index (χ0v) is 10.4. The summed E-state index contributed by atoms with van der Waals surface area (Å²) in [6.45, 7) is 3.87. The Kier molecular flexibility index (Phi) is 4.47. The van der Waals surface area contributed by atoms with E-state index in [1.807, 2.05) is 0 Å². The predicted octanol–water partition coefficient (Wildman–Crippen LogP) is 2.40. The molecule has 0 fully saturated rings. The molecule has 1 aromatic carbocycles. The Hall–Kier alpha value is -1.60. The summed E-state index contributed by atoms with van der Waals surface area (Å²) in [7, 11) is 1.73. The van der Waals surface area contributed by atoms with Crippen LogP contribution in [0, 0.1) is 24.1 Å². The summed E-state index contributed by atoms with van der Waals surface area (Å²) in [5.74, 6) is 0.212. The summed E-state index contributed by atoms with van der Waals surface area (Å²) in [6, 6.07) is 6.93. The van der Waals surface area contributed by atoms with Gasteiger partial charge in [0, 0.05) is 12.5 Å². The van der Waals surface area contributed by atoms with Crippen LogP contribution in [0.25, 0.3) is 0 Å². The van der Waals surface area contributed by atoms with E-state index in [4.69, 9.17) is 10.00 Å². The molecule has 4 heteroatoms. The van der Waals surface area contributed by atoms with E-state index in [1.165, 1.54) is 6.07 Å². The third-order valence-corrected chi connectivity index (χ3v) is 2.81. The van der Waals surface area contributed by atoms with Crippen molar-refractivity contribution in [2.24, 2.45) is 0 Å². The first-order valence-electron chi connectivity index (χ1n) is 5.50. The van der Waals surface area contributed by atoms with Crippen LogP contribution in [0.5, 0.6) is 5.75 Å². The van der Waals surface area contributed by atoms with Crippen LogP contribution in [-0.4, -0.2) is 19.2 Å².